The van der Waals surface area contributed by atoms with Gasteiger partial charge in [0.1, 0.15) is 10.6 Å². The number of aryl methyl sites for hydroxylation is 1. The molecule has 0 aliphatic rings. The minimum absolute atomic E-state index is 0.124. The van der Waals surface area contributed by atoms with Crippen LogP contribution in [0.4, 0.5) is 4.39 Å². The first-order valence-corrected chi connectivity index (χ1v) is 11.3. The van der Waals surface area contributed by atoms with Crippen LogP contribution in [-0.4, -0.2) is 37.3 Å². The highest BCUT2D eigenvalue weighted by Gasteiger charge is 2.23. The van der Waals surface area contributed by atoms with Crippen molar-refractivity contribution in [1.29, 1.82) is 0 Å². The highest BCUT2D eigenvalue weighted by molar-refractivity contribution is 7.20. The Bertz CT molecular complexity index is 1400. The number of aromatic nitrogens is 4. The fourth-order valence-electron chi connectivity index (χ4n) is 3.57. The maximum Gasteiger partial charge on any atom is 0.283 e. The minimum Gasteiger partial charge on any atom is -0.459 e. The van der Waals surface area contributed by atoms with Gasteiger partial charge < -0.3 is 13.7 Å². The highest BCUT2D eigenvalue weighted by atomic mass is 32.1. The quantitative estimate of drug-likeness (QED) is 0.327. The molecule has 0 saturated heterocycles. The van der Waals surface area contributed by atoms with Crippen LogP contribution < -0.4 is 0 Å². The van der Waals surface area contributed by atoms with Crippen LogP contribution in [0.15, 0.2) is 57.6 Å². The van der Waals surface area contributed by atoms with Crippen molar-refractivity contribution in [2.75, 3.05) is 6.54 Å². The maximum atomic E-state index is 13.4. The van der Waals surface area contributed by atoms with Crippen LogP contribution in [0, 0.1) is 12.7 Å². The van der Waals surface area contributed by atoms with Gasteiger partial charge in [0.2, 0.25) is 5.89 Å². The molecule has 0 atom stereocenters. The molecule has 5 aromatic rings. The molecule has 0 bridgehead atoms. The number of rotatable bonds is 7. The van der Waals surface area contributed by atoms with Crippen molar-refractivity contribution in [1.82, 2.24) is 24.9 Å². The molecule has 10 heteroatoms. The van der Waals surface area contributed by atoms with Crippen LogP contribution in [0.3, 0.4) is 0 Å². The van der Waals surface area contributed by atoms with Crippen LogP contribution >= 0.6 is 11.3 Å². The fourth-order valence-corrected chi connectivity index (χ4v) is 4.72. The molecule has 4 heterocycles. The third-order valence-electron chi connectivity index (χ3n) is 5.13. The summed E-state index contributed by atoms with van der Waals surface area (Å²) in [5.41, 5.74) is 1.53. The monoisotopic (exact) mass is 465 g/mol. The molecule has 0 unspecified atom stereocenters. The van der Waals surface area contributed by atoms with Crippen LogP contribution in [-0.2, 0) is 6.54 Å². The van der Waals surface area contributed by atoms with E-state index in [4.69, 9.17) is 8.83 Å². The van der Waals surface area contributed by atoms with Crippen molar-refractivity contribution in [3.63, 3.8) is 0 Å². The van der Waals surface area contributed by atoms with Crippen molar-refractivity contribution in [2.24, 2.45) is 0 Å². The van der Waals surface area contributed by atoms with Crippen molar-refractivity contribution in [3.05, 3.63) is 71.0 Å². The van der Waals surface area contributed by atoms with Crippen molar-refractivity contribution in [3.8, 4) is 17.3 Å². The topological polar surface area (TPSA) is 90.2 Å². The fraction of sp³-hybridized carbons (Fsp3) is 0.217. The summed E-state index contributed by atoms with van der Waals surface area (Å²) in [5, 5.41) is 13.5. The molecule has 8 nitrogen and oxygen atoms in total. The summed E-state index contributed by atoms with van der Waals surface area (Å²) in [6.07, 6.45) is 2.31. The zero-order chi connectivity index (χ0) is 22.9. The van der Waals surface area contributed by atoms with Crippen molar-refractivity contribution in [2.45, 2.75) is 26.8 Å². The van der Waals surface area contributed by atoms with Gasteiger partial charge in [0.25, 0.3) is 11.8 Å². The van der Waals surface area contributed by atoms with Gasteiger partial charge in [0.15, 0.2) is 5.76 Å². The van der Waals surface area contributed by atoms with Gasteiger partial charge in [0.05, 0.1) is 29.1 Å². The number of thiophene rings is 1. The van der Waals surface area contributed by atoms with Gasteiger partial charge in [-0.3, -0.25) is 4.79 Å². The molecule has 0 aliphatic heterocycles. The van der Waals surface area contributed by atoms with E-state index in [2.05, 4.69) is 15.3 Å². The summed E-state index contributed by atoms with van der Waals surface area (Å²) in [5.74, 6) is 0.648. The van der Waals surface area contributed by atoms with Gasteiger partial charge in [-0.25, -0.2) is 9.07 Å². The summed E-state index contributed by atoms with van der Waals surface area (Å²) in [6.45, 7) is 4.62. The van der Waals surface area contributed by atoms with E-state index in [0.29, 0.717) is 23.1 Å². The lowest BCUT2D eigenvalue weighted by Gasteiger charge is -2.19. The van der Waals surface area contributed by atoms with E-state index in [0.717, 1.165) is 28.0 Å². The summed E-state index contributed by atoms with van der Waals surface area (Å²) in [4.78, 5) is 16.5. The third-order valence-corrected chi connectivity index (χ3v) is 6.23. The molecule has 5 rings (SSSR count). The van der Waals surface area contributed by atoms with E-state index in [1.165, 1.54) is 29.7 Å². The van der Waals surface area contributed by atoms with Gasteiger partial charge in [-0.1, -0.05) is 6.92 Å². The standard InChI is InChI=1S/C23H20FN5O3S/c1-3-10-28(13-20-25-26-21(32-20)18-5-4-11-31-18)22(30)19-12-17-14(2)27-29(23(17)33-19)16-8-6-15(24)7-9-16/h4-9,11-12H,3,10,13H2,1-2H3. The molecular formula is C23H20FN5O3S. The van der Waals surface area contributed by atoms with Crippen LogP contribution in [0.5, 0.6) is 0 Å². The Morgan fingerprint density at radius 3 is 2.76 bits per heavy atom. The summed E-state index contributed by atoms with van der Waals surface area (Å²) in [7, 11) is 0. The molecule has 1 amide bonds. The van der Waals surface area contributed by atoms with E-state index in [-0.39, 0.29) is 24.2 Å². The molecule has 4 aromatic heterocycles. The number of hydrogen-bond acceptors (Lipinski definition) is 7. The molecule has 0 aliphatic carbocycles. The second-order valence-corrected chi connectivity index (χ2v) is 8.54. The Morgan fingerprint density at radius 2 is 2.03 bits per heavy atom. The van der Waals surface area contributed by atoms with Crippen LogP contribution in [0.2, 0.25) is 0 Å². The van der Waals surface area contributed by atoms with Gasteiger partial charge in [-0.2, -0.15) is 5.10 Å². The summed E-state index contributed by atoms with van der Waals surface area (Å²) < 4.78 is 26.1. The molecular weight excluding hydrogens is 445 g/mol. The van der Waals surface area contributed by atoms with Crippen molar-refractivity contribution >= 4 is 27.5 Å². The zero-order valence-corrected chi connectivity index (χ0v) is 18.8. The summed E-state index contributed by atoms with van der Waals surface area (Å²) >= 11 is 1.35. The first-order chi connectivity index (χ1) is 16.0. The zero-order valence-electron chi connectivity index (χ0n) is 18.0. The summed E-state index contributed by atoms with van der Waals surface area (Å²) in [6, 6.07) is 11.4. The molecule has 0 saturated carbocycles. The number of furan rings is 1. The molecule has 33 heavy (non-hydrogen) atoms. The van der Waals surface area contributed by atoms with Gasteiger partial charge >= 0.3 is 0 Å². The highest BCUT2D eigenvalue weighted by Crippen LogP contribution is 2.31. The van der Waals surface area contributed by atoms with Gasteiger partial charge in [-0.05, 0) is 55.8 Å². The molecule has 0 spiro atoms. The van der Waals surface area contributed by atoms with Crippen LogP contribution in [0.1, 0.15) is 34.6 Å². The van der Waals surface area contributed by atoms with Gasteiger partial charge in [0, 0.05) is 11.9 Å². The lowest BCUT2D eigenvalue weighted by Crippen LogP contribution is -2.30. The molecule has 168 valence electrons. The number of hydrogen-bond donors (Lipinski definition) is 0. The number of carbonyl (C=O) groups excluding carboxylic acids is 1. The van der Waals surface area contributed by atoms with Crippen molar-refractivity contribution < 1.29 is 18.0 Å². The average Bonchev–Trinajstić information content (AvgIpc) is 3.60. The number of carbonyl (C=O) groups is 1. The van der Waals surface area contributed by atoms with E-state index in [9.17, 15) is 9.18 Å². The maximum absolute atomic E-state index is 13.4. The second-order valence-electron chi connectivity index (χ2n) is 7.51. The number of fused-ring (bicyclic) bond motifs is 1. The minimum atomic E-state index is -0.313. The first-order valence-electron chi connectivity index (χ1n) is 10.4. The van der Waals surface area contributed by atoms with Crippen LogP contribution in [0.25, 0.3) is 27.6 Å². The van der Waals surface area contributed by atoms with E-state index < -0.39 is 0 Å². The number of nitrogens with zero attached hydrogens (tertiary/aromatic N) is 5. The predicted molar refractivity (Wildman–Crippen MR) is 121 cm³/mol. The number of benzene rings is 1. The largest absolute Gasteiger partial charge is 0.459 e. The SMILES string of the molecule is CCCN(Cc1nnc(-c2ccco2)o1)C(=O)c1cc2c(C)nn(-c3ccc(F)cc3)c2s1. The first kappa shape index (κ1) is 21.1. The third kappa shape index (κ3) is 4.05. The Balaban J connectivity index is 1.43. The lowest BCUT2D eigenvalue weighted by molar-refractivity contribution is 0.0733. The molecule has 0 N–H and O–H groups in total. The molecule has 1 aromatic carbocycles. The Morgan fingerprint density at radius 1 is 1.21 bits per heavy atom. The Labute approximate surface area is 192 Å². The molecule has 0 fully saturated rings. The van der Waals surface area contributed by atoms with E-state index in [1.54, 1.807) is 33.8 Å². The smallest absolute Gasteiger partial charge is 0.283 e. The predicted octanol–water partition coefficient (Wildman–Crippen LogP) is 5.23. The molecule has 0 radical (unpaired) electrons. The Hall–Kier alpha value is -3.79. The Kier molecular flexibility index (Phi) is 5.51. The normalized spacial score (nSPS) is 11.4. The van der Waals surface area contributed by atoms with E-state index >= 15 is 0 Å². The van der Waals surface area contributed by atoms with E-state index in [1.807, 2.05) is 19.9 Å². The lowest BCUT2D eigenvalue weighted by atomic mass is 10.3. The average molecular weight is 466 g/mol. The number of halogens is 1. The van der Waals surface area contributed by atoms with Gasteiger partial charge in [-0.15, -0.1) is 21.5 Å². The number of amides is 1. The second kappa shape index (κ2) is 8.62.